The topological polar surface area (TPSA) is 30.5 Å². The van der Waals surface area contributed by atoms with Gasteiger partial charge in [0.2, 0.25) is 0 Å². The number of ether oxygens (including phenoxy) is 2. The van der Waals surface area contributed by atoms with Crippen molar-refractivity contribution < 1.29 is 9.47 Å². The van der Waals surface area contributed by atoms with Gasteiger partial charge in [0, 0.05) is 12.6 Å². The van der Waals surface area contributed by atoms with Crippen LogP contribution in [0.2, 0.25) is 0 Å². The molecule has 1 fully saturated rings. The van der Waals surface area contributed by atoms with Crippen LogP contribution < -0.4 is 14.8 Å². The van der Waals surface area contributed by atoms with E-state index in [-0.39, 0.29) is 0 Å². The first-order chi connectivity index (χ1) is 8.42. The van der Waals surface area contributed by atoms with E-state index in [1.165, 1.54) is 12.0 Å². The molecule has 1 aromatic carbocycles. The summed E-state index contributed by atoms with van der Waals surface area (Å²) in [6, 6.07) is 6.26. The van der Waals surface area contributed by atoms with Gasteiger partial charge in [0.25, 0.3) is 0 Å². The first-order valence-corrected chi connectivity index (χ1v) is 6.55. The Kier molecular flexibility index (Phi) is 3.18. The fraction of sp³-hybridized carbons (Fsp3) is 0.571. The van der Waals surface area contributed by atoms with Gasteiger partial charge in [-0.1, -0.05) is 6.07 Å². The predicted molar refractivity (Wildman–Crippen MR) is 66.8 cm³/mol. The molecular weight excluding hydrogens is 214 g/mol. The van der Waals surface area contributed by atoms with Gasteiger partial charge in [-0.05, 0) is 43.9 Å². The quantitative estimate of drug-likeness (QED) is 0.849. The minimum Gasteiger partial charge on any atom is -0.493 e. The summed E-state index contributed by atoms with van der Waals surface area (Å²) >= 11 is 0. The van der Waals surface area contributed by atoms with Crippen LogP contribution in [0.5, 0.6) is 11.5 Å². The summed E-state index contributed by atoms with van der Waals surface area (Å²) in [5.74, 6) is 1.96. The second-order valence-corrected chi connectivity index (χ2v) is 4.81. The maximum absolute atomic E-state index is 5.98. The Morgan fingerprint density at radius 3 is 3.18 bits per heavy atom. The highest BCUT2D eigenvalue weighted by molar-refractivity contribution is 5.41. The highest BCUT2D eigenvalue weighted by atomic mass is 16.5. The fourth-order valence-electron chi connectivity index (χ4n) is 2.51. The molecule has 0 radical (unpaired) electrons. The highest BCUT2D eigenvalue weighted by Crippen LogP contribution is 2.29. The third kappa shape index (κ3) is 2.55. The lowest BCUT2D eigenvalue weighted by molar-refractivity contribution is 0.166. The van der Waals surface area contributed by atoms with E-state index >= 15 is 0 Å². The number of benzene rings is 1. The van der Waals surface area contributed by atoms with Crippen LogP contribution in [0.25, 0.3) is 0 Å². The lowest BCUT2D eigenvalue weighted by Crippen LogP contribution is -2.37. The Morgan fingerprint density at radius 1 is 1.29 bits per heavy atom. The molecule has 0 amide bonds. The third-order valence-corrected chi connectivity index (χ3v) is 3.44. The number of hydrogen-bond donors (Lipinski definition) is 1. The summed E-state index contributed by atoms with van der Waals surface area (Å²) in [6.45, 7) is 2.91. The summed E-state index contributed by atoms with van der Waals surface area (Å²) in [5, 5.41) is 3.36. The smallest absolute Gasteiger partial charge is 0.126 e. The molecule has 3 nitrogen and oxygen atoms in total. The molecule has 92 valence electrons. The van der Waals surface area contributed by atoms with Gasteiger partial charge in [-0.15, -0.1) is 0 Å². The van der Waals surface area contributed by atoms with Crippen molar-refractivity contribution in [2.24, 2.45) is 0 Å². The number of rotatable bonds is 2. The maximum Gasteiger partial charge on any atom is 0.126 e. The van der Waals surface area contributed by atoms with Crippen LogP contribution in [0.1, 0.15) is 24.8 Å². The zero-order chi connectivity index (χ0) is 11.5. The number of hydrogen-bond acceptors (Lipinski definition) is 3. The molecule has 3 heteroatoms. The molecular formula is C14H19NO2. The van der Waals surface area contributed by atoms with Crippen molar-refractivity contribution in [1.82, 2.24) is 5.32 Å². The minimum atomic E-state index is 0.311. The van der Waals surface area contributed by atoms with E-state index in [0.29, 0.717) is 6.10 Å². The highest BCUT2D eigenvalue weighted by Gasteiger charge is 2.16. The van der Waals surface area contributed by atoms with Crippen LogP contribution in [0.3, 0.4) is 0 Å². The van der Waals surface area contributed by atoms with Crippen LogP contribution in [0.4, 0.5) is 0 Å². The molecule has 2 heterocycles. The number of aryl methyl sites for hydroxylation is 1. The predicted octanol–water partition coefficient (Wildman–Crippen LogP) is 2.14. The molecule has 0 aromatic heterocycles. The molecule has 1 atom stereocenters. The van der Waals surface area contributed by atoms with Crippen LogP contribution in [-0.2, 0) is 6.42 Å². The summed E-state index contributed by atoms with van der Waals surface area (Å²) in [4.78, 5) is 0. The van der Waals surface area contributed by atoms with Crippen LogP contribution in [0, 0.1) is 0 Å². The number of fused-ring (bicyclic) bond motifs is 1. The SMILES string of the molecule is c1cc2c(cc1OC1CCCNC1)OCCC2. The molecule has 17 heavy (non-hydrogen) atoms. The standard InChI is InChI=1S/C14H19NO2/c1-4-13(10-15-7-1)17-12-6-5-11-3-2-8-16-14(11)9-12/h5-6,9,13,15H,1-4,7-8,10H2. The molecule has 0 saturated carbocycles. The van der Waals surface area contributed by atoms with Crippen molar-refractivity contribution in [2.75, 3.05) is 19.7 Å². The van der Waals surface area contributed by atoms with Crippen molar-refractivity contribution in [3.8, 4) is 11.5 Å². The molecule has 1 unspecified atom stereocenters. The second-order valence-electron chi connectivity index (χ2n) is 4.81. The van der Waals surface area contributed by atoms with E-state index in [1.54, 1.807) is 0 Å². The summed E-state index contributed by atoms with van der Waals surface area (Å²) in [7, 11) is 0. The average Bonchev–Trinajstić information content (AvgIpc) is 2.40. The second kappa shape index (κ2) is 4.96. The number of nitrogens with one attached hydrogen (secondary N) is 1. The van der Waals surface area contributed by atoms with Crippen LogP contribution >= 0.6 is 0 Å². The molecule has 0 aliphatic carbocycles. The van der Waals surface area contributed by atoms with Crippen molar-refractivity contribution in [3.63, 3.8) is 0 Å². The summed E-state index contributed by atoms with van der Waals surface area (Å²) in [6.07, 6.45) is 4.91. The molecule has 1 N–H and O–H groups in total. The van der Waals surface area contributed by atoms with Crippen molar-refractivity contribution >= 4 is 0 Å². The lowest BCUT2D eigenvalue weighted by Gasteiger charge is -2.25. The third-order valence-electron chi connectivity index (χ3n) is 3.44. The Hall–Kier alpha value is -1.22. The fourth-order valence-corrected chi connectivity index (χ4v) is 2.51. The van der Waals surface area contributed by atoms with Crippen molar-refractivity contribution in [3.05, 3.63) is 23.8 Å². The van der Waals surface area contributed by atoms with Gasteiger partial charge in [0.1, 0.15) is 17.6 Å². The zero-order valence-electron chi connectivity index (χ0n) is 10.1. The Labute approximate surface area is 102 Å². The van der Waals surface area contributed by atoms with Crippen molar-refractivity contribution in [2.45, 2.75) is 31.8 Å². The van der Waals surface area contributed by atoms with E-state index in [4.69, 9.17) is 9.47 Å². The van der Waals surface area contributed by atoms with Crippen molar-refractivity contribution in [1.29, 1.82) is 0 Å². The van der Waals surface area contributed by atoms with Gasteiger partial charge >= 0.3 is 0 Å². The van der Waals surface area contributed by atoms with Crippen LogP contribution in [-0.4, -0.2) is 25.8 Å². The number of piperidine rings is 1. The van der Waals surface area contributed by atoms with Gasteiger partial charge in [0.15, 0.2) is 0 Å². The van der Waals surface area contributed by atoms with E-state index in [0.717, 1.165) is 50.5 Å². The van der Waals surface area contributed by atoms with E-state index in [2.05, 4.69) is 17.4 Å². The van der Waals surface area contributed by atoms with E-state index < -0.39 is 0 Å². The molecule has 0 bridgehead atoms. The minimum absolute atomic E-state index is 0.311. The van der Waals surface area contributed by atoms with Crippen LogP contribution in [0.15, 0.2) is 18.2 Å². The van der Waals surface area contributed by atoms with Gasteiger partial charge in [0.05, 0.1) is 6.61 Å². The molecule has 1 aromatic rings. The normalized spacial score (nSPS) is 23.6. The Morgan fingerprint density at radius 2 is 2.29 bits per heavy atom. The van der Waals surface area contributed by atoms with E-state index in [9.17, 15) is 0 Å². The van der Waals surface area contributed by atoms with E-state index in [1.807, 2.05) is 6.07 Å². The first-order valence-electron chi connectivity index (χ1n) is 6.55. The monoisotopic (exact) mass is 233 g/mol. The molecule has 0 spiro atoms. The zero-order valence-corrected chi connectivity index (χ0v) is 10.1. The largest absolute Gasteiger partial charge is 0.493 e. The maximum atomic E-state index is 5.98. The molecule has 2 aliphatic rings. The summed E-state index contributed by atoms with van der Waals surface area (Å²) in [5.41, 5.74) is 1.31. The molecule has 3 rings (SSSR count). The lowest BCUT2D eigenvalue weighted by atomic mass is 10.1. The Bertz CT molecular complexity index is 386. The van der Waals surface area contributed by atoms with Gasteiger partial charge in [-0.3, -0.25) is 0 Å². The first kappa shape index (κ1) is 10.9. The Balaban J connectivity index is 1.70. The molecule has 1 saturated heterocycles. The van der Waals surface area contributed by atoms with Gasteiger partial charge in [-0.25, -0.2) is 0 Å². The van der Waals surface area contributed by atoms with Gasteiger partial charge < -0.3 is 14.8 Å². The van der Waals surface area contributed by atoms with Gasteiger partial charge in [-0.2, -0.15) is 0 Å². The average molecular weight is 233 g/mol. The summed E-state index contributed by atoms with van der Waals surface area (Å²) < 4.78 is 11.6. The molecule has 2 aliphatic heterocycles.